The first-order valence-electron chi connectivity index (χ1n) is 10.7. The van der Waals surface area contributed by atoms with E-state index in [-0.39, 0.29) is 11.8 Å². The van der Waals surface area contributed by atoms with Crippen LogP contribution in [-0.2, 0) is 11.2 Å². The molecule has 1 aliphatic heterocycles. The molecule has 1 amide bonds. The van der Waals surface area contributed by atoms with Crippen molar-refractivity contribution in [3.63, 3.8) is 0 Å². The molecule has 0 unspecified atom stereocenters. The lowest BCUT2D eigenvalue weighted by molar-refractivity contribution is -0.125. The van der Waals surface area contributed by atoms with Gasteiger partial charge in [0.15, 0.2) is 0 Å². The number of hydrogen-bond acceptors (Lipinski definition) is 6. The maximum absolute atomic E-state index is 12.7. The van der Waals surface area contributed by atoms with Crippen LogP contribution in [0.15, 0.2) is 53.1 Å². The molecule has 0 radical (unpaired) electrons. The number of carbonyl (C=O) groups is 1. The molecule has 1 fully saturated rings. The molecule has 1 aliphatic rings. The summed E-state index contributed by atoms with van der Waals surface area (Å²) in [6.07, 6.45) is 2.61. The third-order valence-corrected chi connectivity index (χ3v) is 5.62. The van der Waals surface area contributed by atoms with Crippen molar-refractivity contribution in [2.24, 2.45) is 5.92 Å². The highest BCUT2D eigenvalue weighted by Gasteiger charge is 2.28. The molecule has 1 N–H and O–H groups in total. The standard InChI is InChI=1S/C24H28N4O3/c1-17-5-3-6-18(15-17)12-13-25-23(29)20-7-4-14-28(16-20)24-26-22(27-31-24)19-8-10-21(30-2)11-9-19/h3,5-6,8-11,15,20H,4,7,12-14,16H2,1-2H3,(H,25,29)/t20-/m1/s1. The molecule has 4 rings (SSSR count). The number of benzene rings is 2. The topological polar surface area (TPSA) is 80.5 Å². The quantitative estimate of drug-likeness (QED) is 0.629. The van der Waals surface area contributed by atoms with Gasteiger partial charge in [0.25, 0.3) is 0 Å². The SMILES string of the molecule is COc1ccc(-c2noc(N3CCC[C@@H](C(=O)NCCc4cccc(C)c4)C3)n2)cc1. The van der Waals surface area contributed by atoms with Gasteiger partial charge in [0.2, 0.25) is 11.7 Å². The minimum Gasteiger partial charge on any atom is -0.497 e. The molecule has 3 aromatic rings. The van der Waals surface area contributed by atoms with E-state index < -0.39 is 0 Å². The lowest BCUT2D eigenvalue weighted by Gasteiger charge is -2.30. The first-order chi connectivity index (χ1) is 15.1. The van der Waals surface area contributed by atoms with Gasteiger partial charge in [-0.3, -0.25) is 4.79 Å². The molecule has 0 bridgehead atoms. The van der Waals surface area contributed by atoms with Crippen molar-refractivity contribution in [1.82, 2.24) is 15.5 Å². The molecule has 2 aromatic carbocycles. The van der Waals surface area contributed by atoms with Crippen LogP contribution < -0.4 is 15.0 Å². The van der Waals surface area contributed by atoms with Crippen LogP contribution >= 0.6 is 0 Å². The van der Waals surface area contributed by atoms with Gasteiger partial charge in [-0.15, -0.1) is 0 Å². The zero-order chi connectivity index (χ0) is 21.6. The van der Waals surface area contributed by atoms with Gasteiger partial charge >= 0.3 is 6.01 Å². The van der Waals surface area contributed by atoms with Crippen molar-refractivity contribution in [3.05, 3.63) is 59.7 Å². The number of rotatable bonds is 7. The molecule has 7 heteroatoms. The van der Waals surface area contributed by atoms with E-state index in [1.807, 2.05) is 29.2 Å². The van der Waals surface area contributed by atoms with E-state index in [0.717, 1.165) is 37.1 Å². The summed E-state index contributed by atoms with van der Waals surface area (Å²) in [4.78, 5) is 19.3. The number of aromatic nitrogens is 2. The van der Waals surface area contributed by atoms with Crippen LogP contribution in [0, 0.1) is 12.8 Å². The lowest BCUT2D eigenvalue weighted by atomic mass is 9.97. The largest absolute Gasteiger partial charge is 0.497 e. The highest BCUT2D eigenvalue weighted by atomic mass is 16.5. The second kappa shape index (κ2) is 9.64. The average Bonchev–Trinajstić information content (AvgIpc) is 3.30. The van der Waals surface area contributed by atoms with Gasteiger partial charge in [-0.05, 0) is 56.0 Å². The molecule has 0 spiro atoms. The summed E-state index contributed by atoms with van der Waals surface area (Å²) in [5, 5.41) is 7.20. The molecule has 1 saturated heterocycles. The number of anilines is 1. The molecular formula is C24H28N4O3. The Balaban J connectivity index is 1.32. The number of carbonyl (C=O) groups excluding carboxylic acids is 1. The molecule has 0 saturated carbocycles. The summed E-state index contributed by atoms with van der Waals surface area (Å²) < 4.78 is 10.7. The van der Waals surface area contributed by atoms with Crippen molar-refractivity contribution in [2.75, 3.05) is 31.6 Å². The first kappa shape index (κ1) is 20.9. The number of nitrogens with one attached hydrogen (secondary N) is 1. The number of methoxy groups -OCH3 is 1. The number of ether oxygens (including phenoxy) is 1. The van der Waals surface area contributed by atoms with Crippen LogP contribution in [0.1, 0.15) is 24.0 Å². The monoisotopic (exact) mass is 420 g/mol. The highest BCUT2D eigenvalue weighted by molar-refractivity contribution is 5.79. The van der Waals surface area contributed by atoms with E-state index in [1.165, 1.54) is 11.1 Å². The molecule has 1 aromatic heterocycles. The van der Waals surface area contributed by atoms with Gasteiger partial charge in [0, 0.05) is 25.2 Å². The van der Waals surface area contributed by atoms with Gasteiger partial charge in [-0.2, -0.15) is 4.98 Å². The van der Waals surface area contributed by atoms with E-state index in [2.05, 4.69) is 46.6 Å². The Morgan fingerprint density at radius 3 is 2.87 bits per heavy atom. The second-order valence-corrected chi connectivity index (χ2v) is 7.94. The number of aryl methyl sites for hydroxylation is 1. The Bertz CT molecular complexity index is 1020. The van der Waals surface area contributed by atoms with Crippen molar-refractivity contribution >= 4 is 11.9 Å². The maximum atomic E-state index is 12.7. The van der Waals surface area contributed by atoms with Gasteiger partial charge in [-0.1, -0.05) is 35.0 Å². The van der Waals surface area contributed by atoms with Crippen LogP contribution in [-0.4, -0.2) is 42.8 Å². The smallest absolute Gasteiger partial charge is 0.324 e. The van der Waals surface area contributed by atoms with Gasteiger partial charge in [0.1, 0.15) is 5.75 Å². The van der Waals surface area contributed by atoms with Crippen molar-refractivity contribution in [1.29, 1.82) is 0 Å². The van der Waals surface area contributed by atoms with Crippen LogP contribution in [0.4, 0.5) is 6.01 Å². The maximum Gasteiger partial charge on any atom is 0.324 e. The highest BCUT2D eigenvalue weighted by Crippen LogP contribution is 2.25. The number of amides is 1. The van der Waals surface area contributed by atoms with Gasteiger partial charge < -0.3 is 19.5 Å². The third-order valence-electron chi connectivity index (χ3n) is 5.62. The Hall–Kier alpha value is -3.35. The fraction of sp³-hybridized carbons (Fsp3) is 0.375. The Morgan fingerprint density at radius 2 is 2.10 bits per heavy atom. The van der Waals surface area contributed by atoms with Crippen molar-refractivity contribution in [3.8, 4) is 17.1 Å². The molecule has 31 heavy (non-hydrogen) atoms. The Labute approximate surface area is 182 Å². The summed E-state index contributed by atoms with van der Waals surface area (Å²) in [5.74, 6) is 1.32. The molecule has 2 heterocycles. The summed E-state index contributed by atoms with van der Waals surface area (Å²) in [6.45, 7) is 4.11. The fourth-order valence-corrected chi connectivity index (χ4v) is 3.91. The van der Waals surface area contributed by atoms with E-state index in [1.54, 1.807) is 7.11 Å². The summed E-state index contributed by atoms with van der Waals surface area (Å²) >= 11 is 0. The second-order valence-electron chi connectivity index (χ2n) is 7.94. The van der Waals surface area contributed by atoms with Crippen LogP contribution in [0.3, 0.4) is 0 Å². The van der Waals surface area contributed by atoms with E-state index in [0.29, 0.717) is 24.9 Å². The Kier molecular flexibility index (Phi) is 6.50. The van der Waals surface area contributed by atoms with Gasteiger partial charge in [0.05, 0.1) is 13.0 Å². The third kappa shape index (κ3) is 5.23. The van der Waals surface area contributed by atoms with Crippen LogP contribution in [0.25, 0.3) is 11.4 Å². The molecule has 1 atom stereocenters. The summed E-state index contributed by atoms with van der Waals surface area (Å²) in [5.41, 5.74) is 3.33. The van der Waals surface area contributed by atoms with E-state index in [4.69, 9.17) is 9.26 Å². The average molecular weight is 421 g/mol. The van der Waals surface area contributed by atoms with E-state index >= 15 is 0 Å². The number of hydrogen-bond donors (Lipinski definition) is 1. The summed E-state index contributed by atoms with van der Waals surface area (Å²) in [7, 11) is 1.63. The first-order valence-corrected chi connectivity index (χ1v) is 10.7. The van der Waals surface area contributed by atoms with Gasteiger partial charge in [-0.25, -0.2) is 0 Å². The zero-order valence-electron chi connectivity index (χ0n) is 18.0. The minimum atomic E-state index is -0.0809. The minimum absolute atomic E-state index is 0.0809. The Morgan fingerprint density at radius 1 is 1.26 bits per heavy atom. The zero-order valence-corrected chi connectivity index (χ0v) is 18.0. The predicted molar refractivity (Wildman–Crippen MR) is 119 cm³/mol. The number of piperidine rings is 1. The van der Waals surface area contributed by atoms with Crippen molar-refractivity contribution < 1.29 is 14.1 Å². The lowest BCUT2D eigenvalue weighted by Crippen LogP contribution is -2.43. The van der Waals surface area contributed by atoms with Crippen LogP contribution in [0.2, 0.25) is 0 Å². The molecule has 0 aliphatic carbocycles. The van der Waals surface area contributed by atoms with Crippen molar-refractivity contribution in [2.45, 2.75) is 26.2 Å². The molecule has 7 nitrogen and oxygen atoms in total. The van der Waals surface area contributed by atoms with E-state index in [9.17, 15) is 4.79 Å². The molecular weight excluding hydrogens is 392 g/mol. The molecule has 162 valence electrons. The fourth-order valence-electron chi connectivity index (χ4n) is 3.91. The summed E-state index contributed by atoms with van der Waals surface area (Å²) in [6, 6.07) is 16.4. The van der Waals surface area contributed by atoms with Crippen LogP contribution in [0.5, 0.6) is 5.75 Å². The number of nitrogens with zero attached hydrogens (tertiary/aromatic N) is 3. The normalized spacial score (nSPS) is 16.2. The predicted octanol–water partition coefficient (Wildman–Crippen LogP) is 3.63.